The standard InChI is InChI=1S/C17H19ClN2O3/c1-19-16(21)12-23-17(22)20-10-8-14(9-11-20)3-2-13-4-6-15(18)7-5-13/h4-7,14H,8-12H2,1H3,(H,19,21). The Kier molecular flexibility index (Phi) is 6.30. The van der Waals surface area contributed by atoms with E-state index in [2.05, 4.69) is 17.2 Å². The molecule has 1 aromatic rings. The molecule has 1 N–H and O–H groups in total. The van der Waals surface area contributed by atoms with Crippen LogP contribution in [-0.4, -0.2) is 43.6 Å². The van der Waals surface area contributed by atoms with Crippen LogP contribution in [0.5, 0.6) is 0 Å². The number of halogens is 1. The van der Waals surface area contributed by atoms with Gasteiger partial charge >= 0.3 is 6.09 Å². The molecule has 6 heteroatoms. The fourth-order valence-corrected chi connectivity index (χ4v) is 2.34. The largest absolute Gasteiger partial charge is 0.439 e. The number of hydrogen-bond acceptors (Lipinski definition) is 3. The molecule has 1 aliphatic heterocycles. The number of carbonyl (C=O) groups is 2. The lowest BCUT2D eigenvalue weighted by Gasteiger charge is -2.28. The number of amides is 2. The van der Waals surface area contributed by atoms with E-state index in [9.17, 15) is 9.59 Å². The SMILES string of the molecule is CNC(=O)COC(=O)N1CCC(C#Cc2ccc(Cl)cc2)CC1. The number of piperidine rings is 1. The third kappa shape index (κ3) is 5.50. The van der Waals surface area contributed by atoms with Crippen molar-refractivity contribution in [1.29, 1.82) is 0 Å². The molecule has 0 unspecified atom stereocenters. The predicted octanol–water partition coefficient (Wildman–Crippen LogP) is 2.29. The Morgan fingerprint density at radius 2 is 1.96 bits per heavy atom. The molecule has 23 heavy (non-hydrogen) atoms. The second-order valence-electron chi connectivity index (χ2n) is 5.27. The van der Waals surface area contributed by atoms with E-state index in [1.165, 1.54) is 7.05 Å². The molecule has 1 heterocycles. The molecule has 0 aliphatic carbocycles. The highest BCUT2D eigenvalue weighted by atomic mass is 35.5. The maximum atomic E-state index is 11.8. The number of ether oxygens (including phenoxy) is 1. The number of rotatable bonds is 2. The maximum absolute atomic E-state index is 11.8. The number of carbonyl (C=O) groups excluding carboxylic acids is 2. The maximum Gasteiger partial charge on any atom is 0.410 e. The van der Waals surface area contributed by atoms with E-state index >= 15 is 0 Å². The number of nitrogens with zero attached hydrogens (tertiary/aromatic N) is 1. The Balaban J connectivity index is 1.79. The van der Waals surface area contributed by atoms with E-state index < -0.39 is 6.09 Å². The summed E-state index contributed by atoms with van der Waals surface area (Å²) in [7, 11) is 1.50. The van der Waals surface area contributed by atoms with Crippen LogP contribution < -0.4 is 5.32 Å². The smallest absolute Gasteiger partial charge is 0.410 e. The molecule has 1 fully saturated rings. The Morgan fingerprint density at radius 1 is 1.30 bits per heavy atom. The Labute approximate surface area is 140 Å². The van der Waals surface area contributed by atoms with Crippen LogP contribution in [0.2, 0.25) is 5.02 Å². The van der Waals surface area contributed by atoms with Crippen molar-refractivity contribution in [3.8, 4) is 11.8 Å². The highest BCUT2D eigenvalue weighted by Crippen LogP contribution is 2.17. The first-order valence-corrected chi connectivity index (χ1v) is 7.85. The lowest BCUT2D eigenvalue weighted by atomic mass is 9.97. The van der Waals surface area contributed by atoms with Gasteiger partial charge in [-0.25, -0.2) is 4.79 Å². The fourth-order valence-electron chi connectivity index (χ4n) is 2.22. The van der Waals surface area contributed by atoms with E-state index in [0.29, 0.717) is 18.1 Å². The van der Waals surface area contributed by atoms with Crippen LogP contribution in [0.3, 0.4) is 0 Å². The normalized spacial score (nSPS) is 14.6. The molecule has 1 aliphatic rings. The van der Waals surface area contributed by atoms with Gasteiger partial charge in [0.2, 0.25) is 0 Å². The minimum atomic E-state index is -0.447. The van der Waals surface area contributed by atoms with Crippen molar-refractivity contribution in [2.45, 2.75) is 12.8 Å². The minimum absolute atomic E-state index is 0.244. The van der Waals surface area contributed by atoms with Crippen molar-refractivity contribution in [3.63, 3.8) is 0 Å². The minimum Gasteiger partial charge on any atom is -0.439 e. The predicted molar refractivity (Wildman–Crippen MR) is 88.0 cm³/mol. The van der Waals surface area contributed by atoms with Gasteiger partial charge in [-0.3, -0.25) is 4.79 Å². The summed E-state index contributed by atoms with van der Waals surface area (Å²) in [5, 5.41) is 3.10. The van der Waals surface area contributed by atoms with Crippen LogP contribution >= 0.6 is 11.6 Å². The van der Waals surface area contributed by atoms with Crippen LogP contribution in [0, 0.1) is 17.8 Å². The summed E-state index contributed by atoms with van der Waals surface area (Å²) in [5.41, 5.74) is 0.932. The van der Waals surface area contributed by atoms with Gasteiger partial charge in [0.15, 0.2) is 6.61 Å². The molecule has 0 atom stereocenters. The molecular formula is C17H19ClN2O3. The molecule has 0 aromatic heterocycles. The van der Waals surface area contributed by atoms with Gasteiger partial charge in [0, 0.05) is 36.6 Å². The fraction of sp³-hybridized carbons (Fsp3) is 0.412. The summed E-state index contributed by atoms with van der Waals surface area (Å²) in [4.78, 5) is 24.5. The van der Waals surface area contributed by atoms with Gasteiger partial charge in [0.05, 0.1) is 0 Å². The molecule has 5 nitrogen and oxygen atoms in total. The summed E-state index contributed by atoms with van der Waals surface area (Å²) >= 11 is 5.84. The quantitative estimate of drug-likeness (QED) is 0.844. The summed E-state index contributed by atoms with van der Waals surface area (Å²) in [6, 6.07) is 7.41. The third-order valence-corrected chi connectivity index (χ3v) is 3.88. The molecule has 0 bridgehead atoms. The Morgan fingerprint density at radius 3 is 2.57 bits per heavy atom. The summed E-state index contributed by atoms with van der Waals surface area (Å²) < 4.78 is 4.94. The molecule has 0 radical (unpaired) electrons. The van der Waals surface area contributed by atoms with Crippen molar-refractivity contribution in [2.24, 2.45) is 5.92 Å². The lowest BCUT2D eigenvalue weighted by Crippen LogP contribution is -2.40. The second kappa shape index (κ2) is 8.44. The van der Waals surface area contributed by atoms with Crippen LogP contribution in [0.1, 0.15) is 18.4 Å². The zero-order valence-corrected chi connectivity index (χ0v) is 13.7. The molecular weight excluding hydrogens is 316 g/mol. The highest BCUT2D eigenvalue weighted by molar-refractivity contribution is 6.30. The topological polar surface area (TPSA) is 58.6 Å². The number of nitrogens with one attached hydrogen (secondary N) is 1. The first-order valence-electron chi connectivity index (χ1n) is 7.48. The van der Waals surface area contributed by atoms with Gasteiger partial charge in [0.1, 0.15) is 0 Å². The molecule has 0 saturated carbocycles. The third-order valence-electron chi connectivity index (χ3n) is 3.62. The number of likely N-dealkylation sites (N-methyl/N-ethyl adjacent to an activating group) is 1. The van der Waals surface area contributed by atoms with Crippen molar-refractivity contribution in [1.82, 2.24) is 10.2 Å². The van der Waals surface area contributed by atoms with E-state index in [4.69, 9.17) is 16.3 Å². The zero-order chi connectivity index (χ0) is 16.7. The van der Waals surface area contributed by atoms with E-state index in [1.54, 1.807) is 4.90 Å². The van der Waals surface area contributed by atoms with Crippen LogP contribution in [0.25, 0.3) is 0 Å². The first-order chi connectivity index (χ1) is 11.1. The first kappa shape index (κ1) is 17.2. The summed E-state index contributed by atoms with van der Waals surface area (Å²) in [6.45, 7) is 0.935. The molecule has 122 valence electrons. The van der Waals surface area contributed by atoms with Crippen molar-refractivity contribution < 1.29 is 14.3 Å². The number of likely N-dealkylation sites (tertiary alicyclic amines) is 1. The summed E-state index contributed by atoms with van der Waals surface area (Å²) in [5.74, 6) is 6.32. The molecule has 0 spiro atoms. The second-order valence-corrected chi connectivity index (χ2v) is 5.70. The molecule has 1 aromatic carbocycles. The van der Waals surface area contributed by atoms with E-state index in [1.807, 2.05) is 24.3 Å². The van der Waals surface area contributed by atoms with Gasteiger partial charge in [-0.05, 0) is 37.1 Å². The van der Waals surface area contributed by atoms with Crippen molar-refractivity contribution in [3.05, 3.63) is 34.9 Å². The average molecular weight is 335 g/mol. The number of hydrogen-bond donors (Lipinski definition) is 1. The van der Waals surface area contributed by atoms with Gasteiger partial charge in [0.25, 0.3) is 5.91 Å². The van der Waals surface area contributed by atoms with Crippen molar-refractivity contribution in [2.75, 3.05) is 26.7 Å². The molecule has 2 amide bonds. The zero-order valence-electron chi connectivity index (χ0n) is 13.0. The Bertz CT molecular complexity index is 611. The van der Waals surface area contributed by atoms with Gasteiger partial charge in [-0.2, -0.15) is 0 Å². The van der Waals surface area contributed by atoms with E-state index in [-0.39, 0.29) is 18.4 Å². The highest BCUT2D eigenvalue weighted by Gasteiger charge is 2.23. The van der Waals surface area contributed by atoms with Crippen LogP contribution in [-0.2, 0) is 9.53 Å². The van der Waals surface area contributed by atoms with Crippen LogP contribution in [0.4, 0.5) is 4.79 Å². The Hall–Kier alpha value is -2.19. The molecule has 2 rings (SSSR count). The van der Waals surface area contributed by atoms with Gasteiger partial charge in [-0.15, -0.1) is 0 Å². The lowest BCUT2D eigenvalue weighted by molar-refractivity contribution is -0.123. The number of benzene rings is 1. The summed E-state index contributed by atoms with van der Waals surface area (Å²) in [6.07, 6.45) is 1.16. The van der Waals surface area contributed by atoms with Gasteiger partial charge in [-0.1, -0.05) is 23.4 Å². The van der Waals surface area contributed by atoms with Crippen LogP contribution in [0.15, 0.2) is 24.3 Å². The van der Waals surface area contributed by atoms with Crippen molar-refractivity contribution >= 4 is 23.6 Å². The van der Waals surface area contributed by atoms with Gasteiger partial charge < -0.3 is 15.0 Å². The van der Waals surface area contributed by atoms with E-state index in [0.717, 1.165) is 18.4 Å². The monoisotopic (exact) mass is 334 g/mol. The average Bonchev–Trinajstić information content (AvgIpc) is 2.59. The molecule has 1 saturated heterocycles.